The third-order valence-corrected chi connectivity index (χ3v) is 3.29. The number of carbonyl (C=O) groups is 3. The second-order valence-corrected chi connectivity index (χ2v) is 4.87. The van der Waals surface area contributed by atoms with Gasteiger partial charge < -0.3 is 9.84 Å². The Morgan fingerprint density at radius 1 is 1.23 bits per heavy atom. The van der Waals surface area contributed by atoms with Crippen molar-refractivity contribution in [1.82, 2.24) is 0 Å². The molecule has 22 heavy (non-hydrogen) atoms. The number of ketones is 2. The Labute approximate surface area is 131 Å². The van der Waals surface area contributed by atoms with E-state index in [9.17, 15) is 19.5 Å². The summed E-state index contributed by atoms with van der Waals surface area (Å²) in [5.74, 6) is -1.80. The molecule has 0 saturated heterocycles. The maximum atomic E-state index is 12.1. The van der Waals surface area contributed by atoms with Gasteiger partial charge in [0.05, 0.1) is 17.8 Å². The fourth-order valence-corrected chi connectivity index (χ4v) is 2.17. The monoisotopic (exact) mass is 321 g/mol. The van der Waals surface area contributed by atoms with Gasteiger partial charge >= 0.3 is 0 Å². The number of hydrogen-bond acceptors (Lipinski definition) is 5. The van der Waals surface area contributed by atoms with E-state index in [1.165, 1.54) is 32.2 Å². The molecular formula is C15H12ClNO5. The minimum atomic E-state index is -0.546. The Morgan fingerprint density at radius 3 is 2.45 bits per heavy atom. The van der Waals surface area contributed by atoms with E-state index < -0.39 is 17.5 Å². The standard InChI is InChI=1S/C15H12ClNO5/c1-8(18)17(9-3-4-12(19)10(16)5-9)11-6-14(21)15(22-2)7-13(11)20/h3-7,19H,1-2H3. The molecule has 0 bridgehead atoms. The maximum Gasteiger partial charge on any atom is 0.228 e. The number of nitrogens with zero attached hydrogens (tertiary/aromatic N) is 1. The van der Waals surface area contributed by atoms with E-state index in [1.54, 1.807) is 0 Å². The van der Waals surface area contributed by atoms with E-state index in [1.807, 2.05) is 0 Å². The van der Waals surface area contributed by atoms with Gasteiger partial charge in [-0.1, -0.05) is 11.6 Å². The lowest BCUT2D eigenvalue weighted by Crippen LogP contribution is -2.34. The van der Waals surface area contributed by atoms with Crippen LogP contribution in [0.15, 0.2) is 41.8 Å². The Kier molecular flexibility index (Phi) is 4.32. The van der Waals surface area contributed by atoms with Crippen molar-refractivity contribution in [2.24, 2.45) is 0 Å². The normalized spacial score (nSPS) is 14.3. The molecule has 0 atom stereocenters. The van der Waals surface area contributed by atoms with Crippen molar-refractivity contribution >= 4 is 34.8 Å². The van der Waals surface area contributed by atoms with Gasteiger partial charge in [-0.15, -0.1) is 0 Å². The fraction of sp³-hybridized carbons (Fsp3) is 0.133. The average Bonchev–Trinajstić information content (AvgIpc) is 2.46. The third-order valence-electron chi connectivity index (χ3n) is 2.99. The number of allylic oxidation sites excluding steroid dienone is 2. The van der Waals surface area contributed by atoms with Gasteiger partial charge in [0.15, 0.2) is 5.76 Å². The minimum absolute atomic E-state index is 0.0204. The molecule has 1 amide bonds. The number of carbonyl (C=O) groups excluding carboxylic acids is 3. The van der Waals surface area contributed by atoms with Crippen molar-refractivity contribution in [3.63, 3.8) is 0 Å². The predicted molar refractivity (Wildman–Crippen MR) is 79.5 cm³/mol. The molecule has 114 valence electrons. The zero-order valence-electron chi connectivity index (χ0n) is 11.8. The summed E-state index contributed by atoms with van der Waals surface area (Å²) in [4.78, 5) is 36.9. The van der Waals surface area contributed by atoms with Crippen LogP contribution in [0.3, 0.4) is 0 Å². The van der Waals surface area contributed by atoms with Crippen LogP contribution in [0.25, 0.3) is 0 Å². The van der Waals surface area contributed by atoms with Crippen molar-refractivity contribution in [3.05, 3.63) is 46.8 Å². The number of benzene rings is 1. The molecule has 0 heterocycles. The zero-order chi connectivity index (χ0) is 16.4. The summed E-state index contributed by atoms with van der Waals surface area (Å²) in [7, 11) is 1.28. The number of amides is 1. The molecule has 1 aromatic rings. The Bertz CT molecular complexity index is 735. The molecule has 2 rings (SSSR count). The number of anilines is 1. The molecule has 1 aromatic carbocycles. The fourth-order valence-electron chi connectivity index (χ4n) is 1.99. The first kappa shape index (κ1) is 15.8. The number of ether oxygens (including phenoxy) is 1. The Balaban J connectivity index is 2.50. The first-order valence-electron chi connectivity index (χ1n) is 6.20. The van der Waals surface area contributed by atoms with Crippen LogP contribution in [0.5, 0.6) is 5.75 Å². The molecule has 0 saturated carbocycles. The summed E-state index contributed by atoms with van der Waals surface area (Å²) in [6, 6.07) is 4.03. The number of aromatic hydroxyl groups is 1. The van der Waals surface area contributed by atoms with Gasteiger partial charge in [0.2, 0.25) is 17.5 Å². The summed E-state index contributed by atoms with van der Waals surface area (Å²) >= 11 is 5.82. The van der Waals surface area contributed by atoms with Gasteiger partial charge in [0, 0.05) is 19.1 Å². The van der Waals surface area contributed by atoms with Crippen LogP contribution in [0, 0.1) is 0 Å². The van der Waals surface area contributed by atoms with Crippen LogP contribution in [0.4, 0.5) is 5.69 Å². The van der Waals surface area contributed by atoms with Crippen molar-refractivity contribution < 1.29 is 24.2 Å². The van der Waals surface area contributed by atoms with Crippen LogP contribution in [-0.2, 0) is 19.1 Å². The van der Waals surface area contributed by atoms with Crippen LogP contribution < -0.4 is 4.90 Å². The van der Waals surface area contributed by atoms with Gasteiger partial charge in [-0.2, -0.15) is 0 Å². The molecule has 0 fully saturated rings. The van der Waals surface area contributed by atoms with Crippen molar-refractivity contribution in [2.45, 2.75) is 6.92 Å². The van der Waals surface area contributed by atoms with Gasteiger partial charge in [-0.05, 0) is 18.2 Å². The molecule has 0 spiro atoms. The first-order valence-corrected chi connectivity index (χ1v) is 6.58. The molecule has 0 radical (unpaired) electrons. The molecule has 1 N–H and O–H groups in total. The van der Waals surface area contributed by atoms with Crippen molar-refractivity contribution in [3.8, 4) is 5.75 Å². The van der Waals surface area contributed by atoms with Crippen LogP contribution in [0.2, 0.25) is 5.02 Å². The lowest BCUT2D eigenvalue weighted by molar-refractivity contribution is -0.119. The van der Waals surface area contributed by atoms with E-state index in [0.717, 1.165) is 17.1 Å². The first-order chi connectivity index (χ1) is 10.3. The zero-order valence-corrected chi connectivity index (χ0v) is 12.5. The van der Waals surface area contributed by atoms with Gasteiger partial charge in [0.25, 0.3) is 0 Å². The summed E-state index contributed by atoms with van der Waals surface area (Å²) in [6.07, 6.45) is 2.05. The number of phenolic OH excluding ortho intramolecular Hbond substituents is 1. The number of rotatable bonds is 3. The number of methoxy groups -OCH3 is 1. The molecule has 6 nitrogen and oxygen atoms in total. The molecule has 7 heteroatoms. The number of phenols is 1. The quantitative estimate of drug-likeness (QED) is 0.860. The van der Waals surface area contributed by atoms with E-state index in [0.29, 0.717) is 0 Å². The number of halogens is 1. The topological polar surface area (TPSA) is 83.9 Å². The highest BCUT2D eigenvalue weighted by Crippen LogP contribution is 2.31. The van der Waals surface area contributed by atoms with Crippen molar-refractivity contribution in [1.29, 1.82) is 0 Å². The highest BCUT2D eigenvalue weighted by atomic mass is 35.5. The van der Waals surface area contributed by atoms with Crippen LogP contribution >= 0.6 is 11.6 Å². The van der Waals surface area contributed by atoms with E-state index in [4.69, 9.17) is 16.3 Å². The highest BCUT2D eigenvalue weighted by Gasteiger charge is 2.28. The largest absolute Gasteiger partial charge is 0.506 e. The molecule has 0 unspecified atom stereocenters. The Hall–Kier alpha value is -2.60. The molecule has 0 aromatic heterocycles. The molecule has 1 aliphatic carbocycles. The van der Waals surface area contributed by atoms with Gasteiger partial charge in [0.1, 0.15) is 11.4 Å². The smallest absolute Gasteiger partial charge is 0.228 e. The summed E-state index contributed by atoms with van der Waals surface area (Å²) in [5.41, 5.74) is 0.150. The lowest BCUT2D eigenvalue weighted by atomic mass is 10.1. The van der Waals surface area contributed by atoms with E-state index in [-0.39, 0.29) is 27.9 Å². The third kappa shape index (κ3) is 2.87. The summed E-state index contributed by atoms with van der Waals surface area (Å²) < 4.78 is 4.79. The van der Waals surface area contributed by atoms with Crippen molar-refractivity contribution in [2.75, 3.05) is 12.0 Å². The second kappa shape index (κ2) is 6.03. The molecule has 1 aliphatic rings. The molecule has 0 aliphatic heterocycles. The summed E-state index contributed by atoms with van der Waals surface area (Å²) in [5, 5.41) is 9.46. The lowest BCUT2D eigenvalue weighted by Gasteiger charge is -2.24. The predicted octanol–water partition coefficient (Wildman–Crippen LogP) is 1.96. The Morgan fingerprint density at radius 2 is 1.91 bits per heavy atom. The second-order valence-electron chi connectivity index (χ2n) is 4.46. The number of hydrogen-bond donors (Lipinski definition) is 1. The average molecular weight is 322 g/mol. The van der Waals surface area contributed by atoms with Gasteiger partial charge in [-0.25, -0.2) is 0 Å². The molecular weight excluding hydrogens is 310 g/mol. The van der Waals surface area contributed by atoms with E-state index in [2.05, 4.69) is 0 Å². The highest BCUT2D eigenvalue weighted by molar-refractivity contribution is 6.32. The maximum absolute atomic E-state index is 12.1. The van der Waals surface area contributed by atoms with Crippen LogP contribution in [-0.4, -0.2) is 29.7 Å². The van der Waals surface area contributed by atoms with E-state index >= 15 is 0 Å². The van der Waals surface area contributed by atoms with Crippen LogP contribution in [0.1, 0.15) is 6.92 Å². The van der Waals surface area contributed by atoms with Gasteiger partial charge in [-0.3, -0.25) is 19.3 Å². The summed E-state index contributed by atoms with van der Waals surface area (Å²) in [6.45, 7) is 1.24. The SMILES string of the molecule is COC1=CC(=O)C(N(C(C)=O)c2ccc(O)c(Cl)c2)=CC1=O. The minimum Gasteiger partial charge on any atom is -0.506 e.